The maximum absolute atomic E-state index is 13.0. The van der Waals surface area contributed by atoms with Crippen LogP contribution in [0.1, 0.15) is 47.4 Å². The summed E-state index contributed by atoms with van der Waals surface area (Å²) in [5.74, 6) is 0.273. The number of carbonyl (C=O) groups excluding carboxylic acids is 1. The number of hydrogen-bond acceptors (Lipinski definition) is 7. The van der Waals surface area contributed by atoms with Crippen molar-refractivity contribution in [2.45, 2.75) is 56.0 Å². The highest BCUT2D eigenvalue weighted by Crippen LogP contribution is 2.28. The normalized spacial score (nSPS) is 17.8. The first-order valence-corrected chi connectivity index (χ1v) is 13.7. The van der Waals surface area contributed by atoms with Crippen molar-refractivity contribution in [1.82, 2.24) is 15.3 Å². The van der Waals surface area contributed by atoms with Crippen molar-refractivity contribution in [3.8, 4) is 0 Å². The van der Waals surface area contributed by atoms with E-state index in [1.807, 2.05) is 25.1 Å². The number of hydrogen-bond donors (Lipinski definition) is 5. The molecule has 0 spiro atoms. The van der Waals surface area contributed by atoms with Crippen LogP contribution in [0.4, 0.5) is 5.82 Å². The first-order chi connectivity index (χ1) is 17.6. The topological polar surface area (TPSA) is 191 Å². The summed E-state index contributed by atoms with van der Waals surface area (Å²) in [5.41, 5.74) is 13.9. The Morgan fingerprint density at radius 1 is 1.08 bits per heavy atom. The Balaban J connectivity index is 1.52. The lowest BCUT2D eigenvalue weighted by Gasteiger charge is -2.30. The van der Waals surface area contributed by atoms with Crippen LogP contribution in [0.2, 0.25) is 0 Å². The van der Waals surface area contributed by atoms with Crippen LogP contribution in [0.3, 0.4) is 0 Å². The van der Waals surface area contributed by atoms with Gasteiger partial charge in [0.2, 0.25) is 15.8 Å². The molecule has 1 aliphatic carbocycles. The number of nitrogens with zero attached hydrogens (tertiary/aromatic N) is 3. The summed E-state index contributed by atoms with van der Waals surface area (Å²) in [6.45, 7) is 2.31. The molecule has 37 heavy (non-hydrogen) atoms. The van der Waals surface area contributed by atoms with E-state index in [0.717, 1.165) is 42.2 Å². The van der Waals surface area contributed by atoms with Gasteiger partial charge in [0.05, 0.1) is 22.5 Å². The zero-order valence-electron chi connectivity index (χ0n) is 20.6. The molecule has 1 fully saturated rings. The average molecular weight is 525 g/mol. The van der Waals surface area contributed by atoms with Gasteiger partial charge in [-0.3, -0.25) is 4.79 Å². The molecule has 11 nitrogen and oxygen atoms in total. The van der Waals surface area contributed by atoms with E-state index in [4.69, 9.17) is 16.6 Å². The fraction of sp³-hybridized carbons (Fsp3) is 0.360. The smallest absolute Gasteiger partial charge is 0.289 e. The zero-order valence-corrected chi connectivity index (χ0v) is 21.5. The molecule has 2 unspecified atom stereocenters. The number of nitrogens with two attached hydrogens (primary N) is 3. The van der Waals surface area contributed by atoms with E-state index in [9.17, 15) is 13.2 Å². The van der Waals surface area contributed by atoms with Crippen LogP contribution in [-0.2, 0) is 16.4 Å². The van der Waals surface area contributed by atoms with Crippen LogP contribution < -0.4 is 27.2 Å². The highest BCUT2D eigenvalue weighted by atomic mass is 32.2. The van der Waals surface area contributed by atoms with E-state index >= 15 is 0 Å². The lowest BCUT2D eigenvalue weighted by atomic mass is 9.90. The molecule has 196 valence electrons. The Bertz CT molecular complexity index is 1420. The zero-order chi connectivity index (χ0) is 26.6. The molecule has 4 rings (SSSR count). The fourth-order valence-corrected chi connectivity index (χ4v) is 5.02. The van der Waals surface area contributed by atoms with E-state index in [-0.39, 0.29) is 28.8 Å². The van der Waals surface area contributed by atoms with Gasteiger partial charge in [0, 0.05) is 11.9 Å². The Kier molecular flexibility index (Phi) is 7.89. The number of sulfonamides is 1. The average Bonchev–Trinajstić information content (AvgIpc) is 2.84. The molecule has 1 aliphatic rings. The Morgan fingerprint density at radius 3 is 2.51 bits per heavy atom. The first-order valence-electron chi connectivity index (χ1n) is 12.1. The van der Waals surface area contributed by atoms with E-state index < -0.39 is 15.9 Å². The lowest BCUT2D eigenvalue weighted by Crippen LogP contribution is -2.38. The highest BCUT2D eigenvalue weighted by molar-refractivity contribution is 7.89. The van der Waals surface area contributed by atoms with Gasteiger partial charge in [0.1, 0.15) is 5.82 Å². The van der Waals surface area contributed by atoms with Crippen LogP contribution in [0, 0.1) is 6.92 Å². The minimum atomic E-state index is -3.75. The van der Waals surface area contributed by atoms with Gasteiger partial charge in [-0.1, -0.05) is 36.6 Å². The van der Waals surface area contributed by atoms with Gasteiger partial charge in [-0.15, -0.1) is 0 Å². The largest absolute Gasteiger partial charge is 0.370 e. The number of aromatic nitrogens is 2. The number of rotatable bonds is 8. The third kappa shape index (κ3) is 6.71. The number of primary sulfonamides is 1. The predicted molar refractivity (Wildman–Crippen MR) is 144 cm³/mol. The maximum atomic E-state index is 13.0. The molecule has 2 atom stereocenters. The van der Waals surface area contributed by atoms with E-state index in [2.05, 4.69) is 25.6 Å². The molecule has 3 aromatic rings. The van der Waals surface area contributed by atoms with E-state index in [1.165, 1.54) is 12.1 Å². The summed E-state index contributed by atoms with van der Waals surface area (Å²) in [7, 11) is -3.75. The summed E-state index contributed by atoms with van der Waals surface area (Å²) in [5, 5.41) is 12.3. The minimum absolute atomic E-state index is 0.0225. The van der Waals surface area contributed by atoms with Crippen LogP contribution in [0.15, 0.2) is 52.4 Å². The molecule has 1 amide bonds. The monoisotopic (exact) mass is 524 g/mol. The second kappa shape index (κ2) is 11.1. The predicted octanol–water partition coefficient (Wildman–Crippen LogP) is 1.55. The number of anilines is 1. The van der Waals surface area contributed by atoms with Crippen molar-refractivity contribution in [2.75, 3.05) is 11.9 Å². The lowest BCUT2D eigenvalue weighted by molar-refractivity contribution is 0.0944. The molecule has 8 N–H and O–H groups in total. The number of aliphatic imine (C=N–C) groups is 1. The van der Waals surface area contributed by atoms with Gasteiger partial charge in [0.15, 0.2) is 5.96 Å². The Hall–Kier alpha value is -3.77. The molecule has 12 heteroatoms. The third-order valence-electron chi connectivity index (χ3n) is 6.37. The number of aryl methyl sites for hydroxylation is 1. The second-order valence-electron chi connectivity index (χ2n) is 9.27. The van der Waals surface area contributed by atoms with Gasteiger partial charge in [-0.25, -0.2) is 28.5 Å². The van der Waals surface area contributed by atoms with Gasteiger partial charge in [0.25, 0.3) is 5.91 Å². The van der Waals surface area contributed by atoms with Crippen molar-refractivity contribution in [3.63, 3.8) is 0 Å². The summed E-state index contributed by atoms with van der Waals surface area (Å²) in [6, 6.07) is 11.9. The van der Waals surface area contributed by atoms with Crippen molar-refractivity contribution in [1.29, 1.82) is 0 Å². The van der Waals surface area contributed by atoms with E-state index in [0.29, 0.717) is 24.3 Å². The molecule has 1 saturated carbocycles. The number of fused-ring (bicyclic) bond motifs is 1. The summed E-state index contributed by atoms with van der Waals surface area (Å²) >= 11 is 0. The van der Waals surface area contributed by atoms with Gasteiger partial charge >= 0.3 is 0 Å². The molecular weight excluding hydrogens is 492 g/mol. The second-order valence-corrected chi connectivity index (χ2v) is 10.8. The highest BCUT2D eigenvalue weighted by Gasteiger charge is 2.26. The van der Waals surface area contributed by atoms with E-state index in [1.54, 1.807) is 12.1 Å². The first kappa shape index (κ1) is 26.3. The van der Waals surface area contributed by atoms with Gasteiger partial charge in [-0.2, -0.15) is 0 Å². The quantitative estimate of drug-likeness (QED) is 0.216. The fourth-order valence-electron chi connectivity index (χ4n) is 4.50. The Labute approximate surface area is 216 Å². The number of amides is 1. The third-order valence-corrected chi connectivity index (χ3v) is 7.30. The summed E-state index contributed by atoms with van der Waals surface area (Å²) < 4.78 is 22.8. The molecule has 0 saturated heterocycles. The van der Waals surface area contributed by atoms with Gasteiger partial charge < -0.3 is 22.1 Å². The number of nitrogens with one attached hydrogen (secondary N) is 2. The van der Waals surface area contributed by atoms with Crippen LogP contribution in [-0.4, -0.2) is 48.9 Å². The SMILES string of the molecule is Cc1ccc2nc(C(=O)NCCc3ccc(S(N)(=O)=O)cc3)nc(NC3CCCCC3N=C(N)N)c2c1. The van der Waals surface area contributed by atoms with Crippen LogP contribution in [0.25, 0.3) is 10.9 Å². The maximum Gasteiger partial charge on any atom is 0.289 e. The standard InChI is InChI=1S/C25H32N8O3S/c1-15-6-11-19-18(14-15)22(31-20-4-2-3-5-21(20)32-25(26)27)33-23(30-19)24(34)29-13-12-16-7-9-17(10-8-16)37(28,35)36/h6-11,14,20-21H,2-5,12-13H2,1H3,(H,29,34)(H4,26,27,32)(H2,28,35,36)(H,30,31,33). The Morgan fingerprint density at radius 2 is 1.81 bits per heavy atom. The molecule has 0 aliphatic heterocycles. The van der Waals surface area contributed by atoms with Gasteiger partial charge in [-0.05, 0) is 56.0 Å². The van der Waals surface area contributed by atoms with Crippen molar-refractivity contribution >= 4 is 38.6 Å². The van der Waals surface area contributed by atoms with Crippen LogP contribution in [0.5, 0.6) is 0 Å². The number of guanidine groups is 1. The molecule has 2 aromatic carbocycles. The van der Waals surface area contributed by atoms with Crippen molar-refractivity contribution in [2.24, 2.45) is 21.6 Å². The summed E-state index contributed by atoms with van der Waals surface area (Å²) in [4.78, 5) is 26.5. The summed E-state index contributed by atoms with van der Waals surface area (Å²) in [6.07, 6.45) is 4.33. The minimum Gasteiger partial charge on any atom is -0.370 e. The number of carbonyl (C=O) groups is 1. The van der Waals surface area contributed by atoms with Crippen molar-refractivity contribution < 1.29 is 13.2 Å². The molecular formula is C25H32N8O3S. The number of benzene rings is 2. The van der Waals surface area contributed by atoms with Crippen LogP contribution >= 0.6 is 0 Å². The molecule has 1 heterocycles. The van der Waals surface area contributed by atoms with Crippen molar-refractivity contribution in [3.05, 3.63) is 59.4 Å². The molecule has 0 radical (unpaired) electrons. The molecule has 0 bridgehead atoms. The molecule has 1 aromatic heterocycles.